The molecule has 0 radical (unpaired) electrons. The Bertz CT molecular complexity index is 2970. The van der Waals surface area contributed by atoms with E-state index in [1.165, 1.54) is 12.8 Å². The highest BCUT2D eigenvalue weighted by Crippen LogP contribution is 2.78. The van der Waals surface area contributed by atoms with Gasteiger partial charge in [0.25, 0.3) is 0 Å². The largest absolute Gasteiger partial charge is 0.481 e. The quantitative estimate of drug-likeness (QED) is 0.138. The number of carboxylic acid groups (broad SMARTS) is 1. The van der Waals surface area contributed by atoms with E-state index in [2.05, 4.69) is 197 Å². The van der Waals surface area contributed by atoms with Crippen molar-refractivity contribution in [3.05, 3.63) is 59.2 Å². The number of carbonyl (C=O) groups excluding carboxylic acids is 1. The standard InChI is InChI=1S/C46H72O4.C38H65NO4/c1-30(2)32(4)42(10)23-24-44(12)34-19-20-36-43(11)28-48-29-46(36,25-31(3)38(43)50-27-41(8,9)40(5,6)7)35(34)21-22-45(44,13)37(42)39(47)49-26-33-17-15-14-16-18-33;1-23(2)25(4)33(8)17-18-35(10)26-13-14-28-34(9)20-42-22-38(28,27(26)15-16-36(35,11)29(33)31(40)41)19-24(3)30(34)43-21-37(12,39)32(5,6)7/h14-18,21,30-32,34,36-38H,19-20,22-29H2,1-13H3;15,23-26,28-30H,13-14,16-22,39H2,1-12H3,(H,40,41)/t31-,32-,34+,36+,37-,38+,42-,43-,44-,45+,46+;24-,25-,26+,28+,29-,30+,33-,34-,35-,36+,37+,38+/m11/s1. The van der Waals surface area contributed by atoms with Crippen LogP contribution in [0.5, 0.6) is 0 Å². The molecule has 1 aromatic carbocycles. The first-order valence-corrected chi connectivity index (χ1v) is 37.8. The predicted octanol–water partition coefficient (Wildman–Crippen LogP) is 19.7. The van der Waals surface area contributed by atoms with Crippen molar-refractivity contribution in [1.29, 1.82) is 0 Å². The number of hydrogen-bond acceptors (Lipinski definition) is 8. The Hall–Kier alpha value is -2.56. The lowest BCUT2D eigenvalue weighted by molar-refractivity contribution is -0.256. The van der Waals surface area contributed by atoms with Gasteiger partial charge in [0, 0.05) is 27.2 Å². The van der Waals surface area contributed by atoms with E-state index in [9.17, 15) is 14.7 Å². The Morgan fingerprint density at radius 2 is 0.989 bits per heavy atom. The maximum atomic E-state index is 14.7. The third-order valence-corrected chi connectivity index (χ3v) is 32.9. The second-order valence-electron chi connectivity index (χ2n) is 40.1. The number of benzene rings is 1. The van der Waals surface area contributed by atoms with Gasteiger partial charge in [-0.2, -0.15) is 0 Å². The van der Waals surface area contributed by atoms with E-state index < -0.39 is 11.5 Å². The Morgan fingerprint density at radius 1 is 0.570 bits per heavy atom. The Balaban J connectivity index is 0.000000206. The summed E-state index contributed by atoms with van der Waals surface area (Å²) in [5, 5.41) is 10.9. The summed E-state index contributed by atoms with van der Waals surface area (Å²) in [7, 11) is 0. The average Bonchev–Trinajstić information content (AvgIpc) is 0.679. The Kier molecular flexibility index (Phi) is 19.2. The number of nitrogens with two attached hydrogens (primary N) is 1. The van der Waals surface area contributed by atoms with Crippen molar-refractivity contribution < 1.29 is 38.4 Å². The number of carboxylic acids is 1. The minimum Gasteiger partial charge on any atom is -0.481 e. The lowest BCUT2D eigenvalue weighted by Crippen LogP contribution is -2.69. The van der Waals surface area contributed by atoms with Gasteiger partial charge in [-0.25, -0.2) is 0 Å². The lowest BCUT2D eigenvalue weighted by atomic mass is 9.34. The number of hydrogen-bond donors (Lipinski definition) is 2. The van der Waals surface area contributed by atoms with E-state index >= 15 is 0 Å². The number of allylic oxidation sites excluding steroid dienone is 2. The van der Waals surface area contributed by atoms with Crippen molar-refractivity contribution in [2.75, 3.05) is 39.6 Å². The number of carbonyl (C=O) groups is 2. The molecule has 8 aliphatic carbocycles. The van der Waals surface area contributed by atoms with Crippen molar-refractivity contribution >= 4 is 11.9 Å². The predicted molar refractivity (Wildman–Crippen MR) is 379 cm³/mol. The maximum absolute atomic E-state index is 14.7. The molecule has 93 heavy (non-hydrogen) atoms. The number of rotatable bonds is 14. The van der Waals surface area contributed by atoms with Crippen LogP contribution < -0.4 is 5.73 Å². The van der Waals surface area contributed by atoms with Crippen LogP contribution >= 0.6 is 0 Å². The second-order valence-corrected chi connectivity index (χ2v) is 40.1. The van der Waals surface area contributed by atoms with Crippen LogP contribution in [0.25, 0.3) is 0 Å². The van der Waals surface area contributed by atoms with Crippen molar-refractivity contribution in [3.63, 3.8) is 0 Å². The highest BCUT2D eigenvalue weighted by molar-refractivity contribution is 5.75. The second kappa shape index (κ2) is 24.4. The summed E-state index contributed by atoms with van der Waals surface area (Å²) in [6.45, 7) is 63.6. The van der Waals surface area contributed by atoms with Gasteiger partial charge in [0.05, 0.1) is 63.7 Å². The van der Waals surface area contributed by atoms with Crippen LogP contribution in [0.3, 0.4) is 0 Å². The molecule has 0 aromatic heterocycles. The maximum Gasteiger partial charge on any atom is 0.310 e. The molecule has 9 heteroatoms. The van der Waals surface area contributed by atoms with Gasteiger partial charge in [-0.1, -0.05) is 220 Å². The first-order valence-electron chi connectivity index (χ1n) is 37.8. The van der Waals surface area contributed by atoms with Gasteiger partial charge in [-0.05, 0) is 197 Å². The van der Waals surface area contributed by atoms with Gasteiger partial charge in [-0.15, -0.1) is 0 Å². The molecule has 8 fully saturated rings. The Labute approximate surface area is 567 Å². The zero-order valence-corrected chi connectivity index (χ0v) is 63.9. The molecule has 1 aromatic rings. The molecule has 3 N–H and O–H groups in total. The van der Waals surface area contributed by atoms with Crippen LogP contribution in [0, 0.1) is 141 Å². The molecule has 6 saturated carbocycles. The molecular weight excluding hydrogens is 1150 g/mol. The van der Waals surface area contributed by atoms with Crippen LogP contribution in [0.15, 0.2) is 53.6 Å². The number of esters is 1. The average molecular weight is 1290 g/mol. The van der Waals surface area contributed by atoms with E-state index in [0.29, 0.717) is 72.4 Å². The van der Waals surface area contributed by atoms with Crippen molar-refractivity contribution in [2.24, 2.45) is 147 Å². The molecule has 0 spiro atoms. The van der Waals surface area contributed by atoms with E-state index in [4.69, 9.17) is 29.4 Å². The molecule has 9 nitrogen and oxygen atoms in total. The third-order valence-electron chi connectivity index (χ3n) is 32.9. The zero-order chi connectivity index (χ0) is 68.9. The smallest absolute Gasteiger partial charge is 0.310 e. The monoisotopic (exact) mass is 1290 g/mol. The highest BCUT2D eigenvalue weighted by Gasteiger charge is 2.74. The lowest BCUT2D eigenvalue weighted by Gasteiger charge is -2.71. The molecule has 23 atom stereocenters. The normalized spacial score (nSPS) is 45.0. The SMILES string of the molecule is CC(C)[C@@H](C)[C@@]1(C)CC[C@]2(C)[C@H]3CC[C@@H]4[C@@]5(COC[C@@]4(C)[C@@H](OCC(C)(C)C(C)(C)C)[C@H](C)C5)C3=CC[C@@]2(C)[C@@H]1C(=O)OCc1ccccc1.CC(C)[C@@H](C)[C@@]1(C)CC[C@]2(C)[C@H]3CC[C@@H]4[C@@]5(COC[C@@]4(C)[C@@H](OC[C@](C)(N)C(C)(C)C)[C@H](C)C5)C3=CC[C@@]2(C)[C@@H]1C(=O)O. The van der Waals surface area contributed by atoms with Crippen molar-refractivity contribution in [2.45, 2.75) is 274 Å². The summed E-state index contributed by atoms with van der Waals surface area (Å²) in [6, 6.07) is 10.2. The van der Waals surface area contributed by atoms with Gasteiger partial charge >= 0.3 is 11.9 Å². The number of ether oxygens (including phenoxy) is 5. The van der Waals surface area contributed by atoms with E-state index in [1.807, 2.05) is 18.2 Å². The summed E-state index contributed by atoms with van der Waals surface area (Å²) in [6.07, 6.45) is 18.5. The fourth-order valence-electron chi connectivity index (χ4n) is 24.5. The van der Waals surface area contributed by atoms with Crippen LogP contribution in [-0.4, -0.2) is 74.4 Å². The van der Waals surface area contributed by atoms with Crippen LogP contribution in [-0.2, 0) is 39.9 Å². The number of aliphatic carboxylic acids is 1. The molecule has 2 aliphatic heterocycles. The molecule has 526 valence electrons. The highest BCUT2D eigenvalue weighted by atomic mass is 16.5. The molecule has 11 rings (SSSR count). The van der Waals surface area contributed by atoms with E-state index in [1.54, 1.807) is 11.1 Å². The van der Waals surface area contributed by atoms with E-state index in [-0.39, 0.29) is 100 Å². The fraction of sp³-hybridized carbons (Fsp3) is 0.857. The summed E-state index contributed by atoms with van der Waals surface area (Å²) in [5.74, 6) is 3.40. The van der Waals surface area contributed by atoms with Crippen molar-refractivity contribution in [3.8, 4) is 0 Å². The van der Waals surface area contributed by atoms with Gasteiger partial charge < -0.3 is 34.5 Å². The summed E-state index contributed by atoms with van der Waals surface area (Å²) < 4.78 is 33.7. The summed E-state index contributed by atoms with van der Waals surface area (Å²) in [5.41, 5.74) is 10.1. The number of fused-ring (bicyclic) bond motifs is 6. The van der Waals surface area contributed by atoms with Crippen molar-refractivity contribution in [1.82, 2.24) is 0 Å². The van der Waals surface area contributed by atoms with Gasteiger partial charge in [0.15, 0.2) is 0 Å². The van der Waals surface area contributed by atoms with Gasteiger partial charge in [0.2, 0.25) is 0 Å². The van der Waals surface area contributed by atoms with E-state index in [0.717, 1.165) is 103 Å². The fourth-order valence-corrected chi connectivity index (χ4v) is 24.5. The summed E-state index contributed by atoms with van der Waals surface area (Å²) >= 11 is 0. The topological polar surface area (TPSA) is 127 Å². The van der Waals surface area contributed by atoms with Crippen LogP contribution in [0.4, 0.5) is 0 Å². The molecule has 0 unspecified atom stereocenters. The molecule has 10 aliphatic rings. The first kappa shape index (κ1) is 73.2. The third kappa shape index (κ3) is 11.1. The molecular formula is C84H137NO8. The van der Waals surface area contributed by atoms with Crippen LogP contribution in [0.1, 0.15) is 256 Å². The molecule has 2 heterocycles. The minimum absolute atomic E-state index is 0.00458. The van der Waals surface area contributed by atoms with Gasteiger partial charge in [0.1, 0.15) is 6.61 Å². The Morgan fingerprint density at radius 3 is 1.40 bits per heavy atom. The molecule has 2 saturated heterocycles. The van der Waals surface area contributed by atoms with Gasteiger partial charge in [-0.3, -0.25) is 9.59 Å². The minimum atomic E-state index is -0.589. The van der Waals surface area contributed by atoms with Crippen LogP contribution in [0.2, 0.25) is 0 Å². The summed E-state index contributed by atoms with van der Waals surface area (Å²) in [4.78, 5) is 28.0. The molecule has 0 amide bonds. The molecule has 4 bridgehead atoms. The first-order chi connectivity index (χ1) is 42.8. The zero-order valence-electron chi connectivity index (χ0n) is 63.9.